The third-order valence-electron chi connectivity index (χ3n) is 6.23. The average molecular weight is 465 g/mol. The number of carbonyl (C=O) groups is 1. The molecule has 0 amide bonds. The van der Waals surface area contributed by atoms with Crippen molar-refractivity contribution in [2.75, 3.05) is 0 Å². The highest BCUT2D eigenvalue weighted by Gasteiger charge is 2.28. The van der Waals surface area contributed by atoms with Crippen LogP contribution in [0.2, 0.25) is 0 Å². The SMILES string of the molecule is CC(C)(C)c1cc(C(C)(C)C)c2oc(=O)c(C(=O)c3ccccc3)c(/C=C/c3ccccc3)c2c1. The van der Waals surface area contributed by atoms with Gasteiger partial charge in [0.05, 0.1) is 0 Å². The highest BCUT2D eigenvalue weighted by molar-refractivity contribution is 6.13. The molecule has 4 aromatic rings. The number of benzene rings is 3. The maximum atomic E-state index is 13.6. The first kappa shape index (κ1) is 24.4. The van der Waals surface area contributed by atoms with Crippen LogP contribution in [0.4, 0.5) is 0 Å². The predicted octanol–water partition coefficient (Wildman–Crippen LogP) is 7.79. The van der Waals surface area contributed by atoms with Gasteiger partial charge < -0.3 is 4.42 Å². The molecule has 0 radical (unpaired) electrons. The molecule has 0 atom stereocenters. The van der Waals surface area contributed by atoms with Gasteiger partial charge in [-0.2, -0.15) is 0 Å². The van der Waals surface area contributed by atoms with Crippen LogP contribution in [0.3, 0.4) is 0 Å². The van der Waals surface area contributed by atoms with Gasteiger partial charge in [0.15, 0.2) is 0 Å². The molecule has 0 saturated heterocycles. The smallest absolute Gasteiger partial charge is 0.348 e. The van der Waals surface area contributed by atoms with Crippen molar-refractivity contribution in [1.29, 1.82) is 0 Å². The molecule has 0 bridgehead atoms. The zero-order chi connectivity index (χ0) is 25.4. The largest absolute Gasteiger partial charge is 0.422 e. The van der Waals surface area contributed by atoms with Crippen LogP contribution in [-0.4, -0.2) is 5.78 Å². The van der Waals surface area contributed by atoms with Gasteiger partial charge in [0.25, 0.3) is 0 Å². The molecule has 3 aromatic carbocycles. The van der Waals surface area contributed by atoms with Gasteiger partial charge in [-0.15, -0.1) is 0 Å². The second-order valence-electron chi connectivity index (χ2n) is 11.0. The Morgan fingerprint density at radius 1 is 0.771 bits per heavy atom. The molecular weight excluding hydrogens is 432 g/mol. The molecule has 3 nitrogen and oxygen atoms in total. The molecule has 1 aromatic heterocycles. The van der Waals surface area contributed by atoms with Crippen molar-refractivity contribution in [2.24, 2.45) is 0 Å². The molecule has 0 fully saturated rings. The molecule has 0 unspecified atom stereocenters. The predicted molar refractivity (Wildman–Crippen MR) is 145 cm³/mol. The highest BCUT2D eigenvalue weighted by Crippen LogP contribution is 2.37. The van der Waals surface area contributed by atoms with E-state index < -0.39 is 5.63 Å². The molecule has 0 aliphatic heterocycles. The Balaban J connectivity index is 2.12. The van der Waals surface area contributed by atoms with E-state index in [2.05, 4.69) is 53.7 Å². The fourth-order valence-electron chi connectivity index (χ4n) is 4.18. The second kappa shape index (κ2) is 9.14. The van der Waals surface area contributed by atoms with Crippen molar-refractivity contribution in [1.82, 2.24) is 0 Å². The van der Waals surface area contributed by atoms with Crippen LogP contribution in [0.1, 0.15) is 79.7 Å². The molecule has 1 heterocycles. The monoisotopic (exact) mass is 464 g/mol. The minimum atomic E-state index is -0.618. The molecular formula is C32H32O3. The van der Waals surface area contributed by atoms with Gasteiger partial charge in [0.2, 0.25) is 5.78 Å². The summed E-state index contributed by atoms with van der Waals surface area (Å²) in [5, 5.41) is 0.772. The van der Waals surface area contributed by atoms with Gasteiger partial charge in [0.1, 0.15) is 11.1 Å². The van der Waals surface area contributed by atoms with Gasteiger partial charge in [-0.25, -0.2) is 4.79 Å². The van der Waals surface area contributed by atoms with Crippen molar-refractivity contribution < 1.29 is 9.21 Å². The van der Waals surface area contributed by atoms with Crippen molar-refractivity contribution in [3.05, 3.63) is 117 Å². The van der Waals surface area contributed by atoms with Crippen LogP contribution >= 0.6 is 0 Å². The maximum absolute atomic E-state index is 13.6. The van der Waals surface area contributed by atoms with E-state index in [-0.39, 0.29) is 22.2 Å². The van der Waals surface area contributed by atoms with Gasteiger partial charge in [-0.05, 0) is 28.0 Å². The van der Waals surface area contributed by atoms with E-state index in [1.807, 2.05) is 48.6 Å². The Morgan fingerprint density at radius 2 is 1.37 bits per heavy atom. The van der Waals surface area contributed by atoms with E-state index in [0.717, 1.165) is 22.1 Å². The summed E-state index contributed by atoms with van der Waals surface area (Å²) < 4.78 is 5.94. The van der Waals surface area contributed by atoms with E-state index in [4.69, 9.17) is 4.42 Å². The van der Waals surface area contributed by atoms with E-state index >= 15 is 0 Å². The van der Waals surface area contributed by atoms with E-state index in [1.165, 1.54) is 0 Å². The standard InChI is InChI=1S/C32H32O3/c1-31(2,3)23-19-25-24(18-17-21-13-9-7-10-14-21)27(28(33)22-15-11-8-12-16-22)30(34)35-29(25)26(20-23)32(4,5)6/h7-20H,1-6H3/b18-17+. The minimum absolute atomic E-state index is 0.0572. The summed E-state index contributed by atoms with van der Waals surface area (Å²) >= 11 is 0. The first-order chi connectivity index (χ1) is 16.5. The summed E-state index contributed by atoms with van der Waals surface area (Å²) in [5.74, 6) is -0.340. The van der Waals surface area contributed by atoms with E-state index in [0.29, 0.717) is 16.7 Å². The molecule has 0 spiro atoms. The Labute approximate surface area is 207 Å². The zero-order valence-electron chi connectivity index (χ0n) is 21.3. The van der Waals surface area contributed by atoms with Gasteiger partial charge >= 0.3 is 5.63 Å². The van der Waals surface area contributed by atoms with Crippen molar-refractivity contribution in [2.45, 2.75) is 52.4 Å². The second-order valence-corrected chi connectivity index (χ2v) is 11.0. The van der Waals surface area contributed by atoms with Gasteiger partial charge in [-0.1, -0.05) is 120 Å². The molecule has 0 aliphatic rings. The summed E-state index contributed by atoms with van der Waals surface area (Å²) in [6.07, 6.45) is 3.82. The van der Waals surface area contributed by atoms with E-state index in [9.17, 15) is 9.59 Å². The number of carbonyl (C=O) groups excluding carboxylic acids is 1. The third kappa shape index (κ3) is 5.05. The van der Waals surface area contributed by atoms with Crippen LogP contribution in [0.25, 0.3) is 23.1 Å². The summed E-state index contributed by atoms with van der Waals surface area (Å²) in [6, 6.07) is 23.0. The van der Waals surface area contributed by atoms with Crippen LogP contribution in [0.15, 0.2) is 82.0 Å². The average Bonchev–Trinajstić information content (AvgIpc) is 2.81. The topological polar surface area (TPSA) is 47.3 Å². The third-order valence-corrected chi connectivity index (χ3v) is 6.23. The van der Waals surface area contributed by atoms with Crippen molar-refractivity contribution in [3.63, 3.8) is 0 Å². The molecule has 0 aliphatic carbocycles. The van der Waals surface area contributed by atoms with E-state index in [1.54, 1.807) is 24.3 Å². The Morgan fingerprint density at radius 3 is 1.94 bits per heavy atom. The normalized spacial score (nSPS) is 12.4. The zero-order valence-corrected chi connectivity index (χ0v) is 21.3. The lowest BCUT2D eigenvalue weighted by Crippen LogP contribution is -2.21. The van der Waals surface area contributed by atoms with Crippen LogP contribution < -0.4 is 5.63 Å². The number of fused-ring (bicyclic) bond motifs is 1. The van der Waals surface area contributed by atoms with Gasteiger partial charge in [0, 0.05) is 22.1 Å². The molecule has 4 rings (SSSR count). The van der Waals surface area contributed by atoms with Crippen molar-refractivity contribution >= 4 is 28.9 Å². The van der Waals surface area contributed by atoms with Crippen LogP contribution in [0, 0.1) is 0 Å². The first-order valence-electron chi connectivity index (χ1n) is 12.0. The number of hydrogen-bond acceptors (Lipinski definition) is 3. The molecule has 35 heavy (non-hydrogen) atoms. The number of hydrogen-bond donors (Lipinski definition) is 0. The highest BCUT2D eigenvalue weighted by atomic mass is 16.4. The Bertz CT molecular complexity index is 1460. The summed E-state index contributed by atoms with van der Waals surface area (Å²) in [6.45, 7) is 12.8. The lowest BCUT2D eigenvalue weighted by atomic mass is 9.78. The molecule has 3 heteroatoms. The summed E-state index contributed by atoms with van der Waals surface area (Å²) in [4.78, 5) is 27.0. The summed E-state index contributed by atoms with van der Waals surface area (Å²) in [7, 11) is 0. The van der Waals surface area contributed by atoms with Crippen molar-refractivity contribution in [3.8, 4) is 0 Å². The molecule has 178 valence electrons. The minimum Gasteiger partial charge on any atom is -0.422 e. The fraction of sp³-hybridized carbons (Fsp3) is 0.250. The van der Waals surface area contributed by atoms with Crippen LogP contribution in [0.5, 0.6) is 0 Å². The van der Waals surface area contributed by atoms with Gasteiger partial charge in [-0.3, -0.25) is 4.79 Å². The Kier molecular flexibility index (Phi) is 6.38. The maximum Gasteiger partial charge on any atom is 0.348 e. The number of rotatable bonds is 4. The first-order valence-corrected chi connectivity index (χ1v) is 12.0. The quantitative estimate of drug-likeness (QED) is 0.229. The number of ketones is 1. The molecule has 0 N–H and O–H groups in total. The lowest BCUT2D eigenvalue weighted by molar-refractivity contribution is 0.103. The lowest BCUT2D eigenvalue weighted by Gasteiger charge is -2.26. The summed E-state index contributed by atoms with van der Waals surface area (Å²) in [5.41, 5.74) is 3.68. The fourth-order valence-corrected chi connectivity index (χ4v) is 4.18. The molecule has 0 saturated carbocycles. The van der Waals surface area contributed by atoms with Crippen LogP contribution in [-0.2, 0) is 10.8 Å². The Hall–Kier alpha value is -3.72.